The zero-order chi connectivity index (χ0) is 14.0. The van der Waals surface area contributed by atoms with Gasteiger partial charge in [-0.15, -0.1) is 0 Å². The minimum atomic E-state index is -0.344. The summed E-state index contributed by atoms with van der Waals surface area (Å²) in [6.45, 7) is 6.40. The monoisotopic (exact) mass is 258 g/mol. The van der Waals surface area contributed by atoms with E-state index >= 15 is 0 Å². The minimum absolute atomic E-state index is 0.00607. The number of halogens is 1. The highest BCUT2D eigenvalue weighted by molar-refractivity contribution is 5.66. The molecule has 2 aromatic rings. The van der Waals surface area contributed by atoms with Gasteiger partial charge in [-0.2, -0.15) is 0 Å². The molecule has 0 radical (unpaired) electrons. The summed E-state index contributed by atoms with van der Waals surface area (Å²) < 4.78 is 13.8. The van der Waals surface area contributed by atoms with Gasteiger partial charge in [0, 0.05) is 11.4 Å². The van der Waals surface area contributed by atoms with Gasteiger partial charge in [0.1, 0.15) is 5.82 Å². The first-order chi connectivity index (χ1) is 8.88. The molecule has 19 heavy (non-hydrogen) atoms. The van der Waals surface area contributed by atoms with E-state index in [2.05, 4.69) is 32.2 Å². The number of para-hydroxylation sites is 1. The number of hydrogen-bond acceptors (Lipinski definition) is 2. The highest BCUT2D eigenvalue weighted by Crippen LogP contribution is 2.32. The number of benzene rings is 2. The molecule has 0 saturated heterocycles. The molecule has 0 amide bonds. The molecule has 0 spiro atoms. The van der Waals surface area contributed by atoms with E-state index in [0.29, 0.717) is 11.4 Å². The standard InChI is InChI=1S/C16H19FN2/c1-16(2,3)12-6-4-5-7-14(12)19-15-9-8-11(18)10-13(15)17/h4-10,19H,18H2,1-3H3. The topological polar surface area (TPSA) is 38.0 Å². The maximum Gasteiger partial charge on any atom is 0.148 e. The summed E-state index contributed by atoms with van der Waals surface area (Å²) in [6, 6.07) is 12.6. The predicted octanol–water partition coefficient (Wildman–Crippen LogP) is 4.45. The molecule has 0 saturated carbocycles. The zero-order valence-corrected chi connectivity index (χ0v) is 11.5. The summed E-state index contributed by atoms with van der Waals surface area (Å²) >= 11 is 0. The Hall–Kier alpha value is -2.03. The van der Waals surface area contributed by atoms with Crippen molar-refractivity contribution in [3.05, 3.63) is 53.8 Å². The van der Waals surface area contributed by atoms with Crippen LogP contribution in [0.15, 0.2) is 42.5 Å². The first-order valence-electron chi connectivity index (χ1n) is 6.29. The van der Waals surface area contributed by atoms with E-state index in [9.17, 15) is 4.39 Å². The van der Waals surface area contributed by atoms with Crippen molar-refractivity contribution >= 4 is 17.1 Å². The van der Waals surface area contributed by atoms with Gasteiger partial charge < -0.3 is 11.1 Å². The van der Waals surface area contributed by atoms with Crippen LogP contribution in [0.25, 0.3) is 0 Å². The molecule has 2 nitrogen and oxygen atoms in total. The summed E-state index contributed by atoms with van der Waals surface area (Å²) in [5.41, 5.74) is 8.47. The van der Waals surface area contributed by atoms with E-state index in [1.165, 1.54) is 6.07 Å². The van der Waals surface area contributed by atoms with Crippen LogP contribution < -0.4 is 11.1 Å². The van der Waals surface area contributed by atoms with E-state index in [0.717, 1.165) is 11.3 Å². The third-order valence-corrected chi connectivity index (χ3v) is 3.00. The van der Waals surface area contributed by atoms with Gasteiger partial charge in [0.2, 0.25) is 0 Å². The summed E-state index contributed by atoms with van der Waals surface area (Å²) in [6.07, 6.45) is 0. The van der Waals surface area contributed by atoms with E-state index in [1.54, 1.807) is 12.1 Å². The molecule has 0 aliphatic rings. The Morgan fingerprint density at radius 3 is 2.32 bits per heavy atom. The number of hydrogen-bond donors (Lipinski definition) is 2. The molecule has 0 aliphatic heterocycles. The molecule has 0 fully saturated rings. The second-order valence-electron chi connectivity index (χ2n) is 5.66. The smallest absolute Gasteiger partial charge is 0.148 e. The molecule has 3 N–H and O–H groups in total. The van der Waals surface area contributed by atoms with Gasteiger partial charge >= 0.3 is 0 Å². The van der Waals surface area contributed by atoms with Crippen LogP contribution in [0.2, 0.25) is 0 Å². The van der Waals surface area contributed by atoms with Crippen LogP contribution in [-0.4, -0.2) is 0 Å². The average molecular weight is 258 g/mol. The first-order valence-corrected chi connectivity index (χ1v) is 6.29. The molecular formula is C16H19FN2. The van der Waals surface area contributed by atoms with Crippen LogP contribution in [0.4, 0.5) is 21.5 Å². The van der Waals surface area contributed by atoms with Crippen LogP contribution in [0, 0.1) is 5.82 Å². The zero-order valence-electron chi connectivity index (χ0n) is 11.5. The largest absolute Gasteiger partial charge is 0.399 e. The predicted molar refractivity (Wildman–Crippen MR) is 79.2 cm³/mol. The maximum atomic E-state index is 13.8. The second kappa shape index (κ2) is 4.92. The Bertz CT molecular complexity index is 586. The third-order valence-electron chi connectivity index (χ3n) is 3.00. The number of anilines is 3. The fourth-order valence-electron chi connectivity index (χ4n) is 2.02. The Labute approximate surface area is 113 Å². The minimum Gasteiger partial charge on any atom is -0.399 e. The lowest BCUT2D eigenvalue weighted by Gasteiger charge is -2.23. The molecule has 0 aliphatic carbocycles. The third kappa shape index (κ3) is 3.05. The van der Waals surface area contributed by atoms with Gasteiger partial charge in [-0.1, -0.05) is 39.0 Å². The normalized spacial score (nSPS) is 11.4. The molecule has 0 bridgehead atoms. The summed E-state index contributed by atoms with van der Waals surface area (Å²) in [5.74, 6) is -0.344. The van der Waals surface area contributed by atoms with Gasteiger partial charge in [0.15, 0.2) is 0 Å². The van der Waals surface area contributed by atoms with Gasteiger partial charge in [-0.05, 0) is 35.2 Å². The highest BCUT2D eigenvalue weighted by Gasteiger charge is 2.17. The second-order valence-corrected chi connectivity index (χ2v) is 5.66. The van der Waals surface area contributed by atoms with Crippen molar-refractivity contribution in [2.75, 3.05) is 11.1 Å². The van der Waals surface area contributed by atoms with E-state index in [-0.39, 0.29) is 11.2 Å². The number of rotatable bonds is 2. The van der Waals surface area contributed by atoms with Crippen LogP contribution in [-0.2, 0) is 5.41 Å². The Morgan fingerprint density at radius 1 is 1.00 bits per heavy atom. The molecule has 0 unspecified atom stereocenters. The molecule has 0 heterocycles. The van der Waals surface area contributed by atoms with Gasteiger partial charge in [-0.25, -0.2) is 4.39 Å². The van der Waals surface area contributed by atoms with Gasteiger partial charge in [0.25, 0.3) is 0 Å². The van der Waals surface area contributed by atoms with Crippen molar-refractivity contribution in [3.8, 4) is 0 Å². The Balaban J connectivity index is 2.39. The average Bonchev–Trinajstić information content (AvgIpc) is 2.32. The number of nitrogens with one attached hydrogen (secondary N) is 1. The quantitative estimate of drug-likeness (QED) is 0.781. The van der Waals surface area contributed by atoms with Crippen molar-refractivity contribution < 1.29 is 4.39 Å². The van der Waals surface area contributed by atoms with Crippen molar-refractivity contribution in [2.45, 2.75) is 26.2 Å². The SMILES string of the molecule is CC(C)(C)c1ccccc1Nc1ccc(N)cc1F. The summed E-state index contributed by atoms with van der Waals surface area (Å²) in [4.78, 5) is 0. The lowest BCUT2D eigenvalue weighted by molar-refractivity contribution is 0.592. The van der Waals surface area contributed by atoms with E-state index in [4.69, 9.17) is 5.73 Å². The lowest BCUT2D eigenvalue weighted by atomic mass is 9.86. The van der Waals surface area contributed by atoms with E-state index in [1.807, 2.05) is 18.2 Å². The summed E-state index contributed by atoms with van der Waals surface area (Å²) in [7, 11) is 0. The van der Waals surface area contributed by atoms with Crippen molar-refractivity contribution in [1.29, 1.82) is 0 Å². The van der Waals surface area contributed by atoms with Crippen LogP contribution in [0.5, 0.6) is 0 Å². The lowest BCUT2D eigenvalue weighted by Crippen LogP contribution is -2.13. The van der Waals surface area contributed by atoms with Gasteiger partial charge in [-0.3, -0.25) is 0 Å². The molecule has 3 heteroatoms. The van der Waals surface area contributed by atoms with Crippen LogP contribution in [0.1, 0.15) is 26.3 Å². The molecule has 2 rings (SSSR count). The molecular weight excluding hydrogens is 239 g/mol. The Morgan fingerprint density at radius 2 is 1.68 bits per heavy atom. The van der Waals surface area contributed by atoms with Gasteiger partial charge in [0.05, 0.1) is 5.69 Å². The van der Waals surface area contributed by atoms with Crippen molar-refractivity contribution in [1.82, 2.24) is 0 Å². The number of nitrogen functional groups attached to an aromatic ring is 1. The van der Waals surface area contributed by atoms with Crippen LogP contribution in [0.3, 0.4) is 0 Å². The van der Waals surface area contributed by atoms with E-state index < -0.39 is 0 Å². The summed E-state index contributed by atoms with van der Waals surface area (Å²) in [5, 5.41) is 3.14. The Kier molecular flexibility index (Phi) is 3.47. The van der Waals surface area contributed by atoms with Crippen molar-refractivity contribution in [2.24, 2.45) is 0 Å². The highest BCUT2D eigenvalue weighted by atomic mass is 19.1. The molecule has 100 valence electrons. The maximum absolute atomic E-state index is 13.8. The first kappa shape index (κ1) is 13.4. The number of nitrogens with two attached hydrogens (primary N) is 1. The molecule has 2 aromatic carbocycles. The molecule has 0 aromatic heterocycles. The fraction of sp³-hybridized carbons (Fsp3) is 0.250. The van der Waals surface area contributed by atoms with Crippen LogP contribution >= 0.6 is 0 Å². The molecule has 0 atom stereocenters. The fourth-order valence-corrected chi connectivity index (χ4v) is 2.02. The van der Waals surface area contributed by atoms with Crippen molar-refractivity contribution in [3.63, 3.8) is 0 Å².